The van der Waals surface area contributed by atoms with Crippen molar-refractivity contribution in [2.24, 2.45) is 0 Å². The second-order valence-electron chi connectivity index (χ2n) is 2.66. The molecule has 1 unspecified atom stereocenters. The molecule has 1 heterocycles. The molecule has 1 atom stereocenters. The highest BCUT2D eigenvalue weighted by Gasteiger charge is 2.03. The molecule has 0 bridgehead atoms. The fraction of sp³-hybridized carbons (Fsp3) is 0.444. The summed E-state index contributed by atoms with van der Waals surface area (Å²) in [5.74, 6) is 0. The van der Waals surface area contributed by atoms with Crippen molar-refractivity contribution in [2.45, 2.75) is 19.9 Å². The monoisotopic (exact) mass is 228 g/mol. The zero-order chi connectivity index (χ0) is 8.97. The van der Waals surface area contributed by atoms with Gasteiger partial charge in [0.25, 0.3) is 0 Å². The van der Waals surface area contributed by atoms with E-state index in [0.717, 1.165) is 16.8 Å². The van der Waals surface area contributed by atoms with Gasteiger partial charge >= 0.3 is 0 Å². The minimum Gasteiger partial charge on any atom is -0.309 e. The van der Waals surface area contributed by atoms with E-state index in [1.807, 2.05) is 18.2 Å². The maximum atomic E-state index is 4.35. The number of aromatic nitrogens is 1. The molecule has 0 amide bonds. The van der Waals surface area contributed by atoms with E-state index in [2.05, 4.69) is 40.1 Å². The molecule has 66 valence electrons. The predicted molar refractivity (Wildman–Crippen MR) is 54.0 cm³/mol. The lowest BCUT2D eigenvalue weighted by atomic mass is 10.2. The van der Waals surface area contributed by atoms with Crippen LogP contribution in [0.4, 0.5) is 0 Å². The van der Waals surface area contributed by atoms with Crippen LogP contribution < -0.4 is 5.32 Å². The fourth-order valence-corrected chi connectivity index (χ4v) is 1.43. The number of pyridine rings is 1. The third kappa shape index (κ3) is 2.57. The minimum atomic E-state index is 0.326. The van der Waals surface area contributed by atoms with Gasteiger partial charge in [-0.3, -0.25) is 0 Å². The van der Waals surface area contributed by atoms with E-state index in [0.29, 0.717) is 6.04 Å². The lowest BCUT2D eigenvalue weighted by Gasteiger charge is -2.11. The van der Waals surface area contributed by atoms with Gasteiger partial charge in [0.1, 0.15) is 4.60 Å². The smallest absolute Gasteiger partial charge is 0.106 e. The van der Waals surface area contributed by atoms with Gasteiger partial charge < -0.3 is 5.32 Å². The highest BCUT2D eigenvalue weighted by Crippen LogP contribution is 2.12. The SMILES string of the molecule is CCNC(C)c1cccc(Br)n1. The van der Waals surface area contributed by atoms with E-state index in [-0.39, 0.29) is 0 Å². The third-order valence-electron chi connectivity index (χ3n) is 1.69. The second-order valence-corrected chi connectivity index (χ2v) is 3.48. The van der Waals surface area contributed by atoms with Crippen LogP contribution in [0.15, 0.2) is 22.8 Å². The van der Waals surface area contributed by atoms with Gasteiger partial charge in [-0.1, -0.05) is 13.0 Å². The van der Waals surface area contributed by atoms with E-state index in [1.54, 1.807) is 0 Å². The number of hydrogen-bond acceptors (Lipinski definition) is 2. The molecule has 0 saturated carbocycles. The Morgan fingerprint density at radius 3 is 2.92 bits per heavy atom. The molecule has 0 aliphatic heterocycles. The molecule has 0 radical (unpaired) electrons. The van der Waals surface area contributed by atoms with Gasteiger partial charge in [0.15, 0.2) is 0 Å². The van der Waals surface area contributed by atoms with Gasteiger partial charge in [0.05, 0.1) is 5.69 Å². The first kappa shape index (κ1) is 9.68. The Balaban J connectivity index is 2.73. The Kier molecular flexibility index (Phi) is 3.69. The van der Waals surface area contributed by atoms with Crippen molar-refractivity contribution in [3.8, 4) is 0 Å². The lowest BCUT2D eigenvalue weighted by Crippen LogP contribution is -2.18. The van der Waals surface area contributed by atoms with Crippen LogP contribution in [-0.2, 0) is 0 Å². The van der Waals surface area contributed by atoms with E-state index < -0.39 is 0 Å². The quantitative estimate of drug-likeness (QED) is 0.805. The van der Waals surface area contributed by atoms with Crippen LogP contribution in [0.1, 0.15) is 25.6 Å². The number of nitrogens with one attached hydrogen (secondary N) is 1. The summed E-state index contributed by atoms with van der Waals surface area (Å²) in [7, 11) is 0. The summed E-state index contributed by atoms with van der Waals surface area (Å²) in [5, 5.41) is 3.31. The first-order valence-corrected chi connectivity index (χ1v) is 4.89. The van der Waals surface area contributed by atoms with Gasteiger partial charge in [0, 0.05) is 6.04 Å². The van der Waals surface area contributed by atoms with Crippen molar-refractivity contribution in [2.75, 3.05) is 6.54 Å². The summed E-state index contributed by atoms with van der Waals surface area (Å²) in [5.41, 5.74) is 1.08. The van der Waals surface area contributed by atoms with Crippen molar-refractivity contribution < 1.29 is 0 Å². The molecule has 0 spiro atoms. The Morgan fingerprint density at radius 1 is 1.58 bits per heavy atom. The van der Waals surface area contributed by atoms with E-state index in [4.69, 9.17) is 0 Å². The normalized spacial score (nSPS) is 12.9. The number of nitrogens with zero attached hydrogens (tertiary/aromatic N) is 1. The van der Waals surface area contributed by atoms with Gasteiger partial charge in [0.2, 0.25) is 0 Å². The highest BCUT2D eigenvalue weighted by atomic mass is 79.9. The Hall–Kier alpha value is -0.410. The van der Waals surface area contributed by atoms with Crippen LogP contribution in [0.5, 0.6) is 0 Å². The summed E-state index contributed by atoms with van der Waals surface area (Å²) < 4.78 is 0.893. The fourth-order valence-electron chi connectivity index (χ4n) is 1.08. The summed E-state index contributed by atoms with van der Waals surface area (Å²) in [4.78, 5) is 4.35. The predicted octanol–water partition coefficient (Wildman–Crippen LogP) is 2.51. The molecule has 12 heavy (non-hydrogen) atoms. The molecule has 0 saturated heterocycles. The number of rotatable bonds is 3. The number of hydrogen-bond donors (Lipinski definition) is 1. The first-order valence-electron chi connectivity index (χ1n) is 4.10. The maximum absolute atomic E-state index is 4.35. The van der Waals surface area contributed by atoms with Crippen molar-refractivity contribution in [1.29, 1.82) is 0 Å². The first-order chi connectivity index (χ1) is 5.74. The summed E-state index contributed by atoms with van der Waals surface area (Å²) in [6, 6.07) is 6.29. The molecule has 0 aromatic carbocycles. The molecular formula is C9H13BrN2. The van der Waals surface area contributed by atoms with Crippen molar-refractivity contribution in [3.63, 3.8) is 0 Å². The largest absolute Gasteiger partial charge is 0.309 e. The van der Waals surface area contributed by atoms with Crippen LogP contribution in [0, 0.1) is 0 Å². The Bertz CT molecular complexity index is 250. The van der Waals surface area contributed by atoms with Crippen LogP contribution >= 0.6 is 15.9 Å². The van der Waals surface area contributed by atoms with E-state index in [1.165, 1.54) is 0 Å². The average molecular weight is 229 g/mol. The minimum absolute atomic E-state index is 0.326. The van der Waals surface area contributed by atoms with Gasteiger partial charge in [-0.2, -0.15) is 0 Å². The van der Waals surface area contributed by atoms with Crippen LogP contribution in [0.25, 0.3) is 0 Å². The van der Waals surface area contributed by atoms with Crippen LogP contribution in [-0.4, -0.2) is 11.5 Å². The van der Waals surface area contributed by atoms with E-state index in [9.17, 15) is 0 Å². The topological polar surface area (TPSA) is 24.9 Å². The van der Waals surface area contributed by atoms with Crippen molar-refractivity contribution >= 4 is 15.9 Å². The molecule has 1 N–H and O–H groups in total. The molecular weight excluding hydrogens is 216 g/mol. The van der Waals surface area contributed by atoms with Crippen LogP contribution in [0.3, 0.4) is 0 Å². The summed E-state index contributed by atoms with van der Waals surface area (Å²) in [6.07, 6.45) is 0. The average Bonchev–Trinajstić information content (AvgIpc) is 2.05. The summed E-state index contributed by atoms with van der Waals surface area (Å²) in [6.45, 7) is 5.17. The number of halogens is 1. The van der Waals surface area contributed by atoms with E-state index >= 15 is 0 Å². The standard InChI is InChI=1S/C9H13BrN2/c1-3-11-7(2)8-5-4-6-9(10)12-8/h4-7,11H,3H2,1-2H3. The van der Waals surface area contributed by atoms with Crippen molar-refractivity contribution in [1.82, 2.24) is 10.3 Å². The molecule has 0 aliphatic carbocycles. The summed E-state index contributed by atoms with van der Waals surface area (Å²) >= 11 is 3.34. The van der Waals surface area contributed by atoms with Crippen molar-refractivity contribution in [3.05, 3.63) is 28.5 Å². The molecule has 1 aromatic rings. The van der Waals surface area contributed by atoms with Gasteiger partial charge in [-0.15, -0.1) is 0 Å². The van der Waals surface area contributed by atoms with Gasteiger partial charge in [-0.25, -0.2) is 4.98 Å². The Labute approximate surface area is 81.5 Å². The van der Waals surface area contributed by atoms with Crippen LogP contribution in [0.2, 0.25) is 0 Å². The molecule has 0 fully saturated rings. The molecule has 1 rings (SSSR count). The second kappa shape index (κ2) is 4.58. The molecule has 1 aromatic heterocycles. The molecule has 0 aliphatic rings. The highest BCUT2D eigenvalue weighted by molar-refractivity contribution is 9.10. The molecule has 2 nitrogen and oxygen atoms in total. The zero-order valence-corrected chi connectivity index (χ0v) is 8.93. The zero-order valence-electron chi connectivity index (χ0n) is 7.34. The third-order valence-corrected chi connectivity index (χ3v) is 2.13. The van der Waals surface area contributed by atoms with Gasteiger partial charge in [-0.05, 0) is 41.5 Å². The maximum Gasteiger partial charge on any atom is 0.106 e. The molecule has 3 heteroatoms. The Morgan fingerprint density at radius 2 is 2.33 bits per heavy atom. The lowest BCUT2D eigenvalue weighted by molar-refractivity contribution is 0.582.